The molecule has 3 aromatic heterocycles. The molecule has 5 nitrogen and oxygen atoms in total. The molecule has 0 aliphatic rings. The van der Waals surface area contributed by atoms with Crippen LogP contribution in [0.4, 0.5) is 5.69 Å². The lowest BCUT2D eigenvalue weighted by Crippen LogP contribution is -2.03. The molecule has 0 atom stereocenters. The summed E-state index contributed by atoms with van der Waals surface area (Å²) in [5.74, 6) is 0. The Hall–Kier alpha value is -2.99. The largest absolute Gasteiger partial charge is 0.378 e. The number of aromatic nitrogens is 4. The van der Waals surface area contributed by atoms with Crippen LogP contribution in [0.3, 0.4) is 0 Å². The highest BCUT2D eigenvalue weighted by molar-refractivity contribution is 7.15. The summed E-state index contributed by atoms with van der Waals surface area (Å²) in [7, 11) is 0. The van der Waals surface area contributed by atoms with Gasteiger partial charge in [-0.2, -0.15) is 5.10 Å². The highest BCUT2D eigenvalue weighted by Gasteiger charge is 2.07. The van der Waals surface area contributed by atoms with Gasteiger partial charge in [-0.25, -0.2) is 9.67 Å². The van der Waals surface area contributed by atoms with E-state index in [1.165, 1.54) is 4.88 Å². The van der Waals surface area contributed by atoms with Gasteiger partial charge < -0.3 is 5.32 Å². The minimum atomic E-state index is 0.718. The van der Waals surface area contributed by atoms with Crippen molar-refractivity contribution in [2.75, 3.05) is 5.32 Å². The molecule has 0 spiro atoms. The van der Waals surface area contributed by atoms with E-state index in [2.05, 4.69) is 26.4 Å². The summed E-state index contributed by atoms with van der Waals surface area (Å²) < 4.78 is 1.86. The van der Waals surface area contributed by atoms with Crippen molar-refractivity contribution in [2.24, 2.45) is 0 Å². The van der Waals surface area contributed by atoms with Gasteiger partial charge in [-0.3, -0.25) is 4.98 Å². The predicted molar refractivity (Wildman–Crippen MR) is 96.2 cm³/mol. The van der Waals surface area contributed by atoms with Gasteiger partial charge >= 0.3 is 0 Å². The Labute approximate surface area is 143 Å². The molecule has 24 heavy (non-hydrogen) atoms. The maximum absolute atomic E-state index is 4.49. The maximum Gasteiger partial charge on any atom is 0.125 e. The SMILES string of the molecule is c1cncc(-c2ncc(CNc3ccccc3-n3cccn3)s2)c1. The first-order valence-corrected chi connectivity index (χ1v) is 8.40. The molecule has 0 fully saturated rings. The van der Waals surface area contributed by atoms with E-state index >= 15 is 0 Å². The molecule has 0 unspecified atom stereocenters. The minimum absolute atomic E-state index is 0.718. The molecule has 118 valence electrons. The van der Waals surface area contributed by atoms with Gasteiger partial charge in [0.2, 0.25) is 0 Å². The van der Waals surface area contributed by atoms with Crippen LogP contribution in [0.1, 0.15) is 4.88 Å². The fraction of sp³-hybridized carbons (Fsp3) is 0.0556. The predicted octanol–water partition coefficient (Wildman–Crippen LogP) is 4.00. The van der Waals surface area contributed by atoms with Crippen LogP contribution >= 0.6 is 11.3 Å². The van der Waals surface area contributed by atoms with Gasteiger partial charge in [0.05, 0.1) is 17.9 Å². The minimum Gasteiger partial charge on any atom is -0.378 e. The van der Waals surface area contributed by atoms with Crippen LogP contribution in [-0.2, 0) is 6.54 Å². The Morgan fingerprint density at radius 2 is 1.96 bits per heavy atom. The Kier molecular flexibility index (Phi) is 4.04. The highest BCUT2D eigenvalue weighted by atomic mass is 32.1. The van der Waals surface area contributed by atoms with Gasteiger partial charge in [0.25, 0.3) is 0 Å². The van der Waals surface area contributed by atoms with Crippen LogP contribution in [0.25, 0.3) is 16.3 Å². The quantitative estimate of drug-likeness (QED) is 0.600. The number of thiazole rings is 1. The number of hydrogen-bond donors (Lipinski definition) is 1. The highest BCUT2D eigenvalue weighted by Crippen LogP contribution is 2.26. The molecular formula is C18H15N5S. The molecule has 0 radical (unpaired) electrons. The van der Waals surface area contributed by atoms with Crippen molar-refractivity contribution in [3.05, 3.63) is 78.3 Å². The first-order valence-electron chi connectivity index (χ1n) is 7.58. The van der Waals surface area contributed by atoms with Crippen molar-refractivity contribution < 1.29 is 0 Å². The molecule has 1 aromatic carbocycles. The fourth-order valence-electron chi connectivity index (χ4n) is 2.43. The number of nitrogens with one attached hydrogen (secondary N) is 1. The molecule has 4 rings (SSSR count). The number of nitrogens with zero attached hydrogens (tertiary/aromatic N) is 4. The third kappa shape index (κ3) is 3.04. The molecular weight excluding hydrogens is 318 g/mol. The van der Waals surface area contributed by atoms with E-state index in [-0.39, 0.29) is 0 Å². The average molecular weight is 333 g/mol. The van der Waals surface area contributed by atoms with E-state index in [0.29, 0.717) is 0 Å². The van der Waals surface area contributed by atoms with Crippen LogP contribution < -0.4 is 5.32 Å². The third-order valence-electron chi connectivity index (χ3n) is 3.57. The lowest BCUT2D eigenvalue weighted by Gasteiger charge is -2.11. The summed E-state index contributed by atoms with van der Waals surface area (Å²) in [6.07, 6.45) is 9.24. The molecule has 6 heteroatoms. The summed E-state index contributed by atoms with van der Waals surface area (Å²) in [6, 6.07) is 14.0. The van der Waals surface area contributed by atoms with Crippen LogP contribution in [0.5, 0.6) is 0 Å². The maximum atomic E-state index is 4.49. The zero-order chi connectivity index (χ0) is 16.2. The Morgan fingerprint density at radius 1 is 1.00 bits per heavy atom. The lowest BCUT2D eigenvalue weighted by molar-refractivity contribution is 0.879. The van der Waals surface area contributed by atoms with Crippen molar-refractivity contribution in [2.45, 2.75) is 6.54 Å². The van der Waals surface area contributed by atoms with Crippen molar-refractivity contribution in [3.63, 3.8) is 0 Å². The molecule has 0 aliphatic carbocycles. The number of anilines is 1. The van der Waals surface area contributed by atoms with E-state index in [0.717, 1.165) is 28.5 Å². The fourth-order valence-corrected chi connectivity index (χ4v) is 3.27. The lowest BCUT2D eigenvalue weighted by atomic mass is 10.2. The monoisotopic (exact) mass is 333 g/mol. The summed E-state index contributed by atoms with van der Waals surface area (Å²) in [6.45, 7) is 0.718. The van der Waals surface area contributed by atoms with Crippen LogP contribution in [0, 0.1) is 0 Å². The zero-order valence-corrected chi connectivity index (χ0v) is 13.6. The zero-order valence-electron chi connectivity index (χ0n) is 12.8. The van der Waals surface area contributed by atoms with Crippen LogP contribution in [-0.4, -0.2) is 19.7 Å². The van der Waals surface area contributed by atoms with E-state index in [9.17, 15) is 0 Å². The number of para-hydroxylation sites is 2. The number of benzene rings is 1. The second-order valence-corrected chi connectivity index (χ2v) is 6.31. The molecule has 0 amide bonds. The standard InChI is InChI=1S/C18H15N5S/c1-2-7-17(23-10-4-9-22-23)16(6-1)20-12-15-13-21-18(24-15)14-5-3-8-19-11-14/h1-11,13,20H,12H2. The summed E-state index contributed by atoms with van der Waals surface area (Å²) in [4.78, 5) is 9.81. The molecule has 0 saturated carbocycles. The van der Waals surface area contributed by atoms with Gasteiger partial charge in [-0.15, -0.1) is 11.3 Å². The molecule has 0 saturated heterocycles. The van der Waals surface area contributed by atoms with E-state index in [4.69, 9.17) is 0 Å². The van der Waals surface area contributed by atoms with E-state index in [1.807, 2.05) is 59.7 Å². The first-order chi connectivity index (χ1) is 11.9. The summed E-state index contributed by atoms with van der Waals surface area (Å²) in [5.41, 5.74) is 3.11. The second-order valence-electron chi connectivity index (χ2n) is 5.19. The van der Waals surface area contributed by atoms with Crippen molar-refractivity contribution in [3.8, 4) is 16.3 Å². The molecule has 0 aliphatic heterocycles. The van der Waals surface area contributed by atoms with Crippen LogP contribution in [0.15, 0.2) is 73.4 Å². The average Bonchev–Trinajstić information content (AvgIpc) is 3.33. The smallest absolute Gasteiger partial charge is 0.125 e. The Balaban J connectivity index is 1.51. The van der Waals surface area contributed by atoms with Crippen molar-refractivity contribution >= 4 is 17.0 Å². The summed E-state index contributed by atoms with van der Waals surface area (Å²) in [5, 5.41) is 8.77. The van der Waals surface area contributed by atoms with Gasteiger partial charge in [0.1, 0.15) is 5.01 Å². The van der Waals surface area contributed by atoms with Gasteiger partial charge in [0, 0.05) is 41.4 Å². The van der Waals surface area contributed by atoms with E-state index < -0.39 is 0 Å². The molecule has 4 aromatic rings. The Bertz CT molecular complexity index is 916. The normalized spacial score (nSPS) is 10.7. The number of pyridine rings is 1. The second kappa shape index (κ2) is 6.64. The first kappa shape index (κ1) is 14.6. The van der Waals surface area contributed by atoms with Gasteiger partial charge in [0.15, 0.2) is 0 Å². The molecule has 1 N–H and O–H groups in total. The molecule has 0 bridgehead atoms. The topological polar surface area (TPSA) is 55.6 Å². The van der Waals surface area contributed by atoms with Gasteiger partial charge in [-0.05, 0) is 30.3 Å². The Morgan fingerprint density at radius 3 is 2.79 bits per heavy atom. The van der Waals surface area contributed by atoms with E-state index in [1.54, 1.807) is 23.7 Å². The number of hydrogen-bond acceptors (Lipinski definition) is 5. The third-order valence-corrected chi connectivity index (χ3v) is 4.62. The van der Waals surface area contributed by atoms with Crippen molar-refractivity contribution in [1.82, 2.24) is 19.7 Å². The van der Waals surface area contributed by atoms with Gasteiger partial charge in [-0.1, -0.05) is 12.1 Å². The van der Waals surface area contributed by atoms with Crippen LogP contribution in [0.2, 0.25) is 0 Å². The molecule has 3 heterocycles. The van der Waals surface area contributed by atoms with Crippen molar-refractivity contribution in [1.29, 1.82) is 0 Å². The number of rotatable bonds is 5. The summed E-state index contributed by atoms with van der Waals surface area (Å²) >= 11 is 1.67.